The first-order valence-corrected chi connectivity index (χ1v) is 13.4. The van der Waals surface area contributed by atoms with Gasteiger partial charge in [0.05, 0.1) is 23.8 Å². The second-order valence-electron chi connectivity index (χ2n) is 10.2. The number of hydrogen-bond donors (Lipinski definition) is 0. The highest BCUT2D eigenvalue weighted by Gasteiger charge is 2.33. The molecule has 8 nitrogen and oxygen atoms in total. The maximum Gasteiger partial charge on any atom is 0.349 e. The lowest BCUT2D eigenvalue weighted by molar-refractivity contribution is 0.141. The zero-order valence-corrected chi connectivity index (χ0v) is 22.1. The van der Waals surface area contributed by atoms with Crippen molar-refractivity contribution in [1.82, 2.24) is 14.5 Å². The molecule has 194 valence electrons. The van der Waals surface area contributed by atoms with Gasteiger partial charge in [-0.3, -0.25) is 4.57 Å². The molecular weight excluding hydrogens is 492 g/mol. The molecule has 9 heteroatoms. The second-order valence-corrected chi connectivity index (χ2v) is 10.6. The zero-order chi connectivity index (χ0) is 25.7. The van der Waals surface area contributed by atoms with Gasteiger partial charge < -0.3 is 18.8 Å². The number of halogens is 1. The number of anilines is 1. The molecule has 2 aromatic carbocycles. The van der Waals surface area contributed by atoms with E-state index >= 15 is 0 Å². The lowest BCUT2D eigenvalue weighted by atomic mass is 9.89. The number of fused-ring (bicyclic) bond motifs is 2. The Morgan fingerprint density at radius 3 is 2.84 bits per heavy atom. The van der Waals surface area contributed by atoms with E-state index in [1.165, 1.54) is 5.56 Å². The Labute approximate surface area is 220 Å². The third-order valence-electron chi connectivity index (χ3n) is 7.69. The number of aromatic nitrogens is 3. The zero-order valence-electron chi connectivity index (χ0n) is 21.4. The molecule has 0 saturated carbocycles. The van der Waals surface area contributed by atoms with Crippen LogP contribution in [-0.4, -0.2) is 46.4 Å². The number of rotatable bonds is 5. The van der Waals surface area contributed by atoms with Gasteiger partial charge in [-0.15, -0.1) is 0 Å². The van der Waals surface area contributed by atoms with Crippen molar-refractivity contribution in [3.63, 3.8) is 0 Å². The van der Waals surface area contributed by atoms with E-state index in [0.29, 0.717) is 29.8 Å². The molecule has 0 N–H and O–H groups in total. The average molecular weight is 523 g/mol. The van der Waals surface area contributed by atoms with Gasteiger partial charge in [0.1, 0.15) is 23.2 Å². The smallest absolute Gasteiger partial charge is 0.349 e. The average Bonchev–Trinajstić information content (AvgIpc) is 3.56. The van der Waals surface area contributed by atoms with Crippen molar-refractivity contribution < 1.29 is 13.9 Å². The van der Waals surface area contributed by atoms with Gasteiger partial charge in [0.15, 0.2) is 11.5 Å². The number of benzene rings is 2. The lowest BCUT2D eigenvalue weighted by Gasteiger charge is -2.39. The molecule has 0 bridgehead atoms. The molecule has 4 aromatic rings. The second kappa shape index (κ2) is 9.65. The molecule has 2 saturated heterocycles. The molecule has 2 aliphatic rings. The van der Waals surface area contributed by atoms with Gasteiger partial charge >= 0.3 is 5.69 Å². The van der Waals surface area contributed by atoms with Crippen LogP contribution < -0.4 is 15.3 Å². The molecule has 3 atom stereocenters. The Morgan fingerprint density at radius 1 is 1.19 bits per heavy atom. The molecule has 0 aliphatic carbocycles. The highest BCUT2D eigenvalue weighted by Crippen LogP contribution is 2.39. The van der Waals surface area contributed by atoms with Crippen LogP contribution in [0.5, 0.6) is 5.75 Å². The van der Waals surface area contributed by atoms with Gasteiger partial charge in [-0.2, -0.15) is 4.98 Å². The van der Waals surface area contributed by atoms with E-state index in [2.05, 4.69) is 29.8 Å². The van der Waals surface area contributed by atoms with E-state index in [0.717, 1.165) is 60.1 Å². The monoisotopic (exact) mass is 522 g/mol. The fourth-order valence-electron chi connectivity index (χ4n) is 5.59. The van der Waals surface area contributed by atoms with E-state index in [1.54, 1.807) is 11.6 Å². The number of hydrogen-bond acceptors (Lipinski definition) is 7. The van der Waals surface area contributed by atoms with Crippen molar-refractivity contribution in [1.29, 1.82) is 0 Å². The van der Waals surface area contributed by atoms with Crippen LogP contribution in [0.3, 0.4) is 0 Å². The van der Waals surface area contributed by atoms with Crippen LogP contribution in [0.4, 0.5) is 5.82 Å². The summed E-state index contributed by atoms with van der Waals surface area (Å²) in [5.74, 6) is 2.24. The Morgan fingerprint density at radius 2 is 2.05 bits per heavy atom. The summed E-state index contributed by atoms with van der Waals surface area (Å²) in [4.78, 5) is 24.5. The Balaban J connectivity index is 1.33. The number of aryl methyl sites for hydroxylation is 2. The van der Waals surface area contributed by atoms with Gasteiger partial charge in [-0.1, -0.05) is 24.6 Å². The summed E-state index contributed by atoms with van der Waals surface area (Å²) in [7, 11) is 1.73. The minimum Gasteiger partial charge on any atom is -0.486 e. The van der Waals surface area contributed by atoms with Crippen molar-refractivity contribution in [2.24, 2.45) is 7.05 Å². The molecule has 0 spiro atoms. The Bertz CT molecular complexity index is 1520. The van der Waals surface area contributed by atoms with Crippen LogP contribution >= 0.6 is 11.6 Å². The summed E-state index contributed by atoms with van der Waals surface area (Å²) in [5.41, 5.74) is 3.35. The van der Waals surface area contributed by atoms with Gasteiger partial charge in [-0.25, -0.2) is 9.78 Å². The predicted octanol–water partition coefficient (Wildman–Crippen LogP) is 5.37. The molecule has 2 fully saturated rings. The summed E-state index contributed by atoms with van der Waals surface area (Å²) >= 11 is 6.69. The number of nitrogens with zero attached hydrogens (tertiary/aromatic N) is 4. The summed E-state index contributed by atoms with van der Waals surface area (Å²) in [5, 5.41) is 1.35. The van der Waals surface area contributed by atoms with Gasteiger partial charge in [0.25, 0.3) is 0 Å². The van der Waals surface area contributed by atoms with Crippen LogP contribution in [0, 0.1) is 6.92 Å². The van der Waals surface area contributed by atoms with Crippen molar-refractivity contribution in [3.8, 4) is 5.75 Å². The van der Waals surface area contributed by atoms with E-state index in [9.17, 15) is 4.79 Å². The largest absolute Gasteiger partial charge is 0.486 e. The minimum absolute atomic E-state index is 0.0347. The van der Waals surface area contributed by atoms with Crippen LogP contribution in [0.25, 0.3) is 22.0 Å². The molecule has 0 amide bonds. The predicted molar refractivity (Wildman–Crippen MR) is 144 cm³/mol. The third kappa shape index (κ3) is 4.46. The van der Waals surface area contributed by atoms with Crippen molar-refractivity contribution in [3.05, 3.63) is 57.3 Å². The number of oxazole rings is 1. The third-order valence-corrected chi connectivity index (χ3v) is 7.99. The van der Waals surface area contributed by atoms with Crippen molar-refractivity contribution in [2.75, 3.05) is 24.7 Å². The lowest BCUT2D eigenvalue weighted by Crippen LogP contribution is -2.43. The normalized spacial score (nSPS) is 22.3. The highest BCUT2D eigenvalue weighted by atomic mass is 35.5. The van der Waals surface area contributed by atoms with E-state index in [4.69, 9.17) is 30.5 Å². The standard InChI is InChI=1S/C28H31ClN4O4/c1-4-18-12-17(27-30-22-11-16(2)5-6-24(22)37-27)7-9-33(18)26-20-13-21(29)25(36-19-8-10-35-15-19)14-23(20)32(3)28(34)31-26/h5-6,11,13-14,17-19H,4,7-10,12,15H2,1-3H3/t17-,18-,19-/m1/s1. The van der Waals surface area contributed by atoms with Crippen LogP contribution in [-0.2, 0) is 11.8 Å². The van der Waals surface area contributed by atoms with Crippen molar-refractivity contribution >= 4 is 39.4 Å². The van der Waals surface area contributed by atoms with Crippen LogP contribution in [0.1, 0.15) is 50.0 Å². The Hall–Kier alpha value is -3.10. The fourth-order valence-corrected chi connectivity index (χ4v) is 5.80. The van der Waals surface area contributed by atoms with Crippen LogP contribution in [0.2, 0.25) is 5.02 Å². The van der Waals surface area contributed by atoms with E-state index < -0.39 is 0 Å². The topological polar surface area (TPSA) is 82.6 Å². The summed E-state index contributed by atoms with van der Waals surface area (Å²) < 4.78 is 19.2. The first-order chi connectivity index (χ1) is 17.9. The number of piperidine rings is 1. The quantitative estimate of drug-likeness (QED) is 0.348. The van der Waals surface area contributed by atoms with Gasteiger partial charge in [0, 0.05) is 43.4 Å². The molecule has 6 rings (SSSR count). The molecule has 37 heavy (non-hydrogen) atoms. The minimum atomic E-state index is -0.300. The van der Waals surface area contributed by atoms with Gasteiger partial charge in [0.2, 0.25) is 0 Å². The first kappa shape index (κ1) is 24.2. The molecular formula is C28H31ClN4O4. The maximum absolute atomic E-state index is 13.0. The maximum atomic E-state index is 13.0. The molecule has 2 aliphatic heterocycles. The van der Waals surface area contributed by atoms with Gasteiger partial charge in [-0.05, 0) is 49.9 Å². The number of ether oxygens (including phenoxy) is 2. The fraction of sp³-hybridized carbons (Fsp3) is 0.464. The van der Waals surface area contributed by atoms with E-state index in [1.807, 2.05) is 24.3 Å². The molecule has 0 unspecified atom stereocenters. The Kier molecular flexibility index (Phi) is 6.32. The molecule has 0 radical (unpaired) electrons. The summed E-state index contributed by atoms with van der Waals surface area (Å²) in [6.07, 6.45) is 3.42. The van der Waals surface area contributed by atoms with E-state index in [-0.39, 0.29) is 23.8 Å². The molecule has 2 aromatic heterocycles. The first-order valence-electron chi connectivity index (χ1n) is 13.0. The summed E-state index contributed by atoms with van der Waals surface area (Å²) in [6.45, 7) is 6.19. The molecule has 4 heterocycles. The SMILES string of the molecule is CC[C@@H]1C[C@H](c2nc3cc(C)ccc3o2)CCN1c1nc(=O)n(C)c2cc(O[C@@H]3CCOC3)c(Cl)cc12. The summed E-state index contributed by atoms with van der Waals surface area (Å²) in [6, 6.07) is 10.0. The van der Waals surface area contributed by atoms with Crippen molar-refractivity contribution in [2.45, 2.75) is 57.6 Å². The van der Waals surface area contributed by atoms with Crippen LogP contribution in [0.15, 0.2) is 39.5 Å². The highest BCUT2D eigenvalue weighted by molar-refractivity contribution is 6.33.